The lowest BCUT2D eigenvalue weighted by atomic mass is 9.72. The van der Waals surface area contributed by atoms with E-state index in [4.69, 9.17) is 10.5 Å². The monoisotopic (exact) mass is 262 g/mol. The third-order valence-electron chi connectivity index (χ3n) is 4.77. The number of aromatic nitrogens is 2. The number of fused-ring (bicyclic) bond motifs is 2. The molecule has 102 valence electrons. The number of carbonyl (C=O) groups excluding carboxylic acids is 1. The van der Waals surface area contributed by atoms with E-state index in [1.165, 1.54) is 0 Å². The van der Waals surface area contributed by atoms with Crippen molar-refractivity contribution in [2.24, 2.45) is 11.7 Å². The van der Waals surface area contributed by atoms with E-state index >= 15 is 0 Å². The third kappa shape index (κ3) is 1.56. The van der Waals surface area contributed by atoms with Crippen molar-refractivity contribution in [3.05, 3.63) is 17.0 Å². The summed E-state index contributed by atoms with van der Waals surface area (Å²) in [5.74, 6) is 0.295. The first kappa shape index (κ1) is 11.4. The summed E-state index contributed by atoms with van der Waals surface area (Å²) in [5.41, 5.74) is 8.83. The molecule has 0 unspecified atom stereocenters. The van der Waals surface area contributed by atoms with Crippen molar-refractivity contribution in [1.82, 2.24) is 15.5 Å². The van der Waals surface area contributed by atoms with Gasteiger partial charge >= 0.3 is 0 Å². The number of aryl methyl sites for hydroxylation is 1. The molecule has 2 heterocycles. The van der Waals surface area contributed by atoms with Crippen molar-refractivity contribution < 1.29 is 9.53 Å². The first-order valence-electron chi connectivity index (χ1n) is 7.00. The summed E-state index contributed by atoms with van der Waals surface area (Å²) in [7, 11) is 0. The normalized spacial score (nSPS) is 35.6. The fourth-order valence-corrected chi connectivity index (χ4v) is 3.65. The number of nitrogens with two attached hydrogens (primary N) is 1. The molecule has 3 aliphatic rings. The molecule has 1 aromatic rings. The van der Waals surface area contributed by atoms with Crippen LogP contribution in [0.1, 0.15) is 34.6 Å². The highest BCUT2D eigenvalue weighted by Crippen LogP contribution is 2.38. The molecule has 4 rings (SSSR count). The van der Waals surface area contributed by atoms with Crippen LogP contribution in [0.25, 0.3) is 0 Å². The van der Waals surface area contributed by atoms with Crippen LogP contribution in [0.5, 0.6) is 0 Å². The van der Waals surface area contributed by atoms with Gasteiger partial charge in [-0.3, -0.25) is 9.89 Å². The number of H-pyrrole nitrogens is 1. The Hall–Kier alpha value is -1.40. The Morgan fingerprint density at radius 2 is 2.37 bits per heavy atom. The number of rotatable bonds is 2. The van der Waals surface area contributed by atoms with Crippen molar-refractivity contribution in [2.75, 3.05) is 6.61 Å². The molecule has 0 aromatic carbocycles. The van der Waals surface area contributed by atoms with Gasteiger partial charge < -0.3 is 15.8 Å². The van der Waals surface area contributed by atoms with Crippen LogP contribution in [0.2, 0.25) is 0 Å². The molecule has 1 aromatic heterocycles. The van der Waals surface area contributed by atoms with Crippen molar-refractivity contribution in [3.8, 4) is 0 Å². The Labute approximate surface area is 111 Å². The minimum Gasteiger partial charge on any atom is -0.376 e. The average Bonchev–Trinajstić information content (AvgIpc) is 3.09. The first-order chi connectivity index (χ1) is 9.25. The van der Waals surface area contributed by atoms with Crippen molar-refractivity contribution in [3.63, 3.8) is 0 Å². The zero-order valence-electron chi connectivity index (χ0n) is 10.7. The second-order valence-electron chi connectivity index (χ2n) is 5.75. The fourth-order valence-electron chi connectivity index (χ4n) is 3.65. The average molecular weight is 262 g/mol. The number of nitrogens with one attached hydrogen (secondary N) is 2. The predicted molar refractivity (Wildman–Crippen MR) is 67.7 cm³/mol. The molecule has 0 radical (unpaired) electrons. The highest BCUT2D eigenvalue weighted by atomic mass is 16.5. The fraction of sp³-hybridized carbons (Fsp3) is 0.692. The molecule has 2 aliphatic carbocycles. The molecule has 1 amide bonds. The molecule has 19 heavy (non-hydrogen) atoms. The minimum absolute atomic E-state index is 0.0171. The second kappa shape index (κ2) is 4.05. The van der Waals surface area contributed by atoms with Crippen molar-refractivity contribution in [1.29, 1.82) is 0 Å². The molecule has 6 nitrogen and oxygen atoms in total. The minimum atomic E-state index is -0.117. The summed E-state index contributed by atoms with van der Waals surface area (Å²) in [6.45, 7) is 0.757. The summed E-state index contributed by atoms with van der Waals surface area (Å²) >= 11 is 0. The van der Waals surface area contributed by atoms with Gasteiger partial charge in [0, 0.05) is 29.8 Å². The Morgan fingerprint density at radius 1 is 1.47 bits per heavy atom. The van der Waals surface area contributed by atoms with Crippen LogP contribution in [-0.2, 0) is 17.6 Å². The van der Waals surface area contributed by atoms with Gasteiger partial charge in [0.25, 0.3) is 5.91 Å². The van der Waals surface area contributed by atoms with Crippen molar-refractivity contribution in [2.45, 2.75) is 43.9 Å². The molecular formula is C13H18N4O2. The van der Waals surface area contributed by atoms with Crippen LogP contribution in [0, 0.1) is 5.92 Å². The molecule has 0 spiro atoms. The van der Waals surface area contributed by atoms with Gasteiger partial charge in [-0.1, -0.05) is 0 Å². The predicted octanol–water partition coefficient (Wildman–Crippen LogP) is -0.257. The van der Waals surface area contributed by atoms with E-state index in [0.29, 0.717) is 11.6 Å². The molecule has 1 saturated heterocycles. The summed E-state index contributed by atoms with van der Waals surface area (Å²) in [6.07, 6.45) is 4.14. The number of hydrogen-bond acceptors (Lipinski definition) is 4. The smallest absolute Gasteiger partial charge is 0.272 e. The number of aromatic amines is 1. The molecule has 1 aliphatic heterocycles. The van der Waals surface area contributed by atoms with Gasteiger partial charge in [-0.2, -0.15) is 5.10 Å². The lowest BCUT2D eigenvalue weighted by Gasteiger charge is -2.45. The van der Waals surface area contributed by atoms with Crippen LogP contribution in [0.4, 0.5) is 0 Å². The summed E-state index contributed by atoms with van der Waals surface area (Å²) in [6, 6.07) is -0.0443. The SMILES string of the molecule is N[C@H]1[C@H]2CCO[C@H]2[C@@H]1NC(=O)c1n[nH]c2c1CCC2. The third-order valence-corrected chi connectivity index (χ3v) is 4.77. The van der Waals surface area contributed by atoms with Crippen molar-refractivity contribution >= 4 is 5.91 Å². The summed E-state index contributed by atoms with van der Waals surface area (Å²) in [4.78, 5) is 12.3. The lowest BCUT2D eigenvalue weighted by molar-refractivity contribution is -0.0161. The lowest BCUT2D eigenvalue weighted by Crippen LogP contribution is -2.69. The van der Waals surface area contributed by atoms with E-state index in [0.717, 1.165) is 43.5 Å². The van der Waals surface area contributed by atoms with Gasteiger partial charge in [-0.25, -0.2) is 0 Å². The molecule has 4 N–H and O–H groups in total. The summed E-state index contributed by atoms with van der Waals surface area (Å²) in [5, 5.41) is 10.1. The topological polar surface area (TPSA) is 93.0 Å². The maximum absolute atomic E-state index is 12.3. The van der Waals surface area contributed by atoms with E-state index in [-0.39, 0.29) is 24.1 Å². The first-order valence-corrected chi connectivity index (χ1v) is 7.00. The zero-order chi connectivity index (χ0) is 13.0. The van der Waals surface area contributed by atoms with Crippen LogP contribution in [-0.4, -0.2) is 40.9 Å². The highest BCUT2D eigenvalue weighted by molar-refractivity contribution is 5.94. The van der Waals surface area contributed by atoms with Gasteiger partial charge in [0.15, 0.2) is 5.69 Å². The Morgan fingerprint density at radius 3 is 3.26 bits per heavy atom. The number of amides is 1. The van der Waals surface area contributed by atoms with Gasteiger partial charge in [-0.15, -0.1) is 0 Å². The van der Waals surface area contributed by atoms with E-state index in [1.54, 1.807) is 0 Å². The van der Waals surface area contributed by atoms with Crippen LogP contribution in [0.3, 0.4) is 0 Å². The van der Waals surface area contributed by atoms with Gasteiger partial charge in [-0.05, 0) is 25.7 Å². The van der Waals surface area contributed by atoms with Gasteiger partial charge in [0.1, 0.15) is 0 Å². The van der Waals surface area contributed by atoms with E-state index in [9.17, 15) is 4.79 Å². The van der Waals surface area contributed by atoms with Gasteiger partial charge in [0.2, 0.25) is 0 Å². The Bertz CT molecular complexity index is 527. The Balaban J connectivity index is 1.49. The zero-order valence-corrected chi connectivity index (χ0v) is 10.7. The number of nitrogens with zero attached hydrogens (tertiary/aromatic N) is 1. The highest BCUT2D eigenvalue weighted by Gasteiger charge is 2.52. The molecular weight excluding hydrogens is 244 g/mol. The Kier molecular flexibility index (Phi) is 2.43. The number of carbonyl (C=O) groups is 1. The molecule has 4 atom stereocenters. The van der Waals surface area contributed by atoms with Crippen LogP contribution in [0.15, 0.2) is 0 Å². The molecule has 2 fully saturated rings. The van der Waals surface area contributed by atoms with Crippen LogP contribution >= 0.6 is 0 Å². The van der Waals surface area contributed by atoms with E-state index in [1.807, 2.05) is 0 Å². The standard InChI is InChI=1S/C13H18N4O2/c14-9-7-4-5-19-12(7)11(9)15-13(18)10-6-2-1-3-8(6)16-17-10/h7,9,11-12H,1-5,14H2,(H,15,18)(H,16,17)/t7-,9+,11-,12-/m1/s1. The largest absolute Gasteiger partial charge is 0.376 e. The molecule has 1 saturated carbocycles. The maximum Gasteiger partial charge on any atom is 0.272 e. The second-order valence-corrected chi connectivity index (χ2v) is 5.75. The summed E-state index contributed by atoms with van der Waals surface area (Å²) < 4.78 is 5.62. The van der Waals surface area contributed by atoms with Gasteiger partial charge in [0.05, 0.1) is 12.1 Å². The number of hydrogen-bond donors (Lipinski definition) is 3. The van der Waals surface area contributed by atoms with E-state index < -0.39 is 0 Å². The molecule has 6 heteroatoms. The van der Waals surface area contributed by atoms with Crippen LogP contribution < -0.4 is 11.1 Å². The quantitative estimate of drug-likeness (QED) is 0.684. The molecule has 0 bridgehead atoms. The number of ether oxygens (including phenoxy) is 1. The maximum atomic E-state index is 12.3. The van der Waals surface area contributed by atoms with E-state index in [2.05, 4.69) is 15.5 Å².